The summed E-state index contributed by atoms with van der Waals surface area (Å²) >= 11 is 0. The van der Waals surface area contributed by atoms with Crippen LogP contribution in [0.1, 0.15) is 6.92 Å². The molecule has 70 valence electrons. The van der Waals surface area contributed by atoms with Crippen molar-refractivity contribution in [1.82, 2.24) is 9.97 Å². The predicted octanol–water partition coefficient (Wildman–Crippen LogP) is 0.676. The van der Waals surface area contributed by atoms with Crippen molar-refractivity contribution in [3.8, 4) is 0 Å². The molecule has 0 amide bonds. The molecule has 1 rings (SSSR count). The Morgan fingerprint density at radius 1 is 1.46 bits per heavy atom. The lowest BCUT2D eigenvalue weighted by atomic mass is 10.7. The molecule has 0 spiro atoms. The van der Waals surface area contributed by atoms with E-state index in [1.165, 1.54) is 6.33 Å². The van der Waals surface area contributed by atoms with Crippen LogP contribution in [0.25, 0.3) is 0 Å². The van der Waals surface area contributed by atoms with Crippen molar-refractivity contribution in [3.63, 3.8) is 0 Å². The second-order valence-corrected chi connectivity index (χ2v) is 2.38. The fourth-order valence-corrected chi connectivity index (χ4v) is 0.583. The number of carbonyl (C=O) groups is 1. The first-order chi connectivity index (χ1) is 6.13. The number of nitrogens with zero attached hydrogens (tertiary/aromatic N) is 2. The first-order valence-corrected chi connectivity index (χ1v) is 4.30. The van der Waals surface area contributed by atoms with Crippen LogP contribution < -0.4 is 0 Å². The van der Waals surface area contributed by atoms with E-state index in [0.717, 1.165) is 6.92 Å². The molecule has 0 aromatic carbocycles. The Morgan fingerprint density at radius 2 is 2.00 bits per heavy atom. The molecule has 7 heteroatoms. The van der Waals surface area contributed by atoms with Gasteiger partial charge in [-0.05, 0) is 6.07 Å². The number of carbonyl (C=O) groups excluding carboxylic acids is 1. The first-order valence-electron chi connectivity index (χ1n) is 3.17. The highest BCUT2D eigenvalue weighted by Gasteiger charge is 2.14. The summed E-state index contributed by atoms with van der Waals surface area (Å²) in [5.41, 5.74) is 0. The summed E-state index contributed by atoms with van der Waals surface area (Å²) in [4.78, 5) is 24.8. The summed E-state index contributed by atoms with van der Waals surface area (Å²) in [6.45, 7) is 1.06. The van der Waals surface area contributed by atoms with Gasteiger partial charge >= 0.3 is 14.2 Å². The van der Waals surface area contributed by atoms with Crippen LogP contribution >= 0.6 is 8.25 Å². The zero-order chi connectivity index (χ0) is 10.1. The monoisotopic (exact) mass is 203 g/mol. The van der Waals surface area contributed by atoms with Gasteiger partial charge in [-0.3, -0.25) is 0 Å². The van der Waals surface area contributed by atoms with Crippen molar-refractivity contribution in [1.29, 1.82) is 0 Å². The molecule has 0 aliphatic rings. The standard InChI is InChI=1S/C4H4N2.C2H3O4P/c1-2-5-4-6-3-1;1-2(3)6-7(4)5/h1-4H;1H3/p+1. The van der Waals surface area contributed by atoms with E-state index in [4.69, 9.17) is 4.89 Å². The fraction of sp³-hybridized carbons (Fsp3) is 0.167. The van der Waals surface area contributed by atoms with E-state index in [1.54, 1.807) is 18.5 Å². The Hall–Kier alpha value is -1.39. The van der Waals surface area contributed by atoms with Crippen LogP contribution in [0.3, 0.4) is 0 Å². The molecular formula is C6H8N2O4P+. The second kappa shape index (κ2) is 7.27. The maximum atomic E-state index is 9.69. The van der Waals surface area contributed by atoms with Crippen molar-refractivity contribution < 1.29 is 18.8 Å². The van der Waals surface area contributed by atoms with Crippen LogP contribution in [0.5, 0.6) is 0 Å². The Labute approximate surface area is 75.6 Å². The Morgan fingerprint density at radius 3 is 2.08 bits per heavy atom. The quantitative estimate of drug-likeness (QED) is 0.675. The molecule has 0 fully saturated rings. The largest absolute Gasteiger partial charge is 0.750 e. The van der Waals surface area contributed by atoms with Crippen LogP contribution in [0.4, 0.5) is 0 Å². The smallest absolute Gasteiger partial charge is 0.247 e. The SMILES string of the molecule is CC(=O)O[P+](=O)O.c1cncnc1. The predicted molar refractivity (Wildman–Crippen MR) is 43.6 cm³/mol. The van der Waals surface area contributed by atoms with Gasteiger partial charge in [-0.15, -0.1) is 4.89 Å². The average Bonchev–Trinajstić information content (AvgIpc) is 2.06. The maximum absolute atomic E-state index is 9.69. The van der Waals surface area contributed by atoms with E-state index in [0.29, 0.717) is 0 Å². The van der Waals surface area contributed by atoms with Gasteiger partial charge in [-0.1, -0.05) is 0 Å². The Bertz CT molecular complexity index is 228. The summed E-state index contributed by atoms with van der Waals surface area (Å²) in [6, 6.07) is 1.78. The minimum Gasteiger partial charge on any atom is -0.247 e. The van der Waals surface area contributed by atoms with Crippen molar-refractivity contribution >= 4 is 14.2 Å². The van der Waals surface area contributed by atoms with Gasteiger partial charge in [0, 0.05) is 23.9 Å². The third kappa shape index (κ3) is 10.6. The van der Waals surface area contributed by atoms with Crippen molar-refractivity contribution in [3.05, 3.63) is 24.8 Å². The molecule has 1 unspecified atom stereocenters. The highest BCUT2D eigenvalue weighted by Crippen LogP contribution is 2.13. The molecule has 1 atom stereocenters. The van der Waals surface area contributed by atoms with E-state index in [9.17, 15) is 9.36 Å². The lowest BCUT2D eigenvalue weighted by Gasteiger charge is -1.71. The highest BCUT2D eigenvalue weighted by molar-refractivity contribution is 7.32. The molecule has 1 N–H and O–H groups in total. The van der Waals surface area contributed by atoms with Gasteiger partial charge in [0.25, 0.3) is 0 Å². The molecule has 1 heterocycles. The minimum absolute atomic E-state index is 0.747. The summed E-state index contributed by atoms with van der Waals surface area (Å²) in [5.74, 6) is -0.747. The third-order valence-electron chi connectivity index (χ3n) is 0.684. The molecule has 6 nitrogen and oxygen atoms in total. The summed E-state index contributed by atoms with van der Waals surface area (Å²) in [7, 11) is -2.74. The van der Waals surface area contributed by atoms with E-state index < -0.39 is 14.2 Å². The van der Waals surface area contributed by atoms with Crippen LogP contribution in [-0.2, 0) is 13.9 Å². The molecule has 0 bridgehead atoms. The van der Waals surface area contributed by atoms with Crippen molar-refractivity contribution in [2.75, 3.05) is 0 Å². The van der Waals surface area contributed by atoms with E-state index in [-0.39, 0.29) is 0 Å². The number of aromatic nitrogens is 2. The van der Waals surface area contributed by atoms with Gasteiger partial charge in [-0.25, -0.2) is 14.8 Å². The van der Waals surface area contributed by atoms with E-state index >= 15 is 0 Å². The molecule has 13 heavy (non-hydrogen) atoms. The zero-order valence-electron chi connectivity index (χ0n) is 6.82. The molecule has 1 aromatic heterocycles. The van der Waals surface area contributed by atoms with Crippen molar-refractivity contribution in [2.24, 2.45) is 0 Å². The summed E-state index contributed by atoms with van der Waals surface area (Å²) < 4.78 is 13.2. The normalized spacial score (nSPS) is 9.23. The Kier molecular flexibility index (Phi) is 6.49. The van der Waals surface area contributed by atoms with Gasteiger partial charge in [0.15, 0.2) is 0 Å². The third-order valence-corrected chi connectivity index (χ3v) is 1.10. The van der Waals surface area contributed by atoms with E-state index in [2.05, 4.69) is 14.5 Å². The van der Waals surface area contributed by atoms with Crippen LogP contribution in [0, 0.1) is 0 Å². The van der Waals surface area contributed by atoms with Crippen LogP contribution in [-0.4, -0.2) is 20.8 Å². The van der Waals surface area contributed by atoms with Crippen LogP contribution in [0.2, 0.25) is 0 Å². The molecule has 0 aliphatic heterocycles. The minimum atomic E-state index is -2.74. The van der Waals surface area contributed by atoms with Crippen LogP contribution in [0.15, 0.2) is 24.8 Å². The highest BCUT2D eigenvalue weighted by atomic mass is 31.1. The molecule has 0 saturated heterocycles. The number of hydrogen-bond donors (Lipinski definition) is 1. The number of hydrogen-bond acceptors (Lipinski definition) is 5. The van der Waals surface area contributed by atoms with Gasteiger partial charge < -0.3 is 0 Å². The van der Waals surface area contributed by atoms with Crippen molar-refractivity contribution in [2.45, 2.75) is 6.92 Å². The molecule has 0 saturated carbocycles. The first kappa shape index (κ1) is 11.6. The fourth-order valence-electron chi connectivity index (χ4n) is 0.363. The van der Waals surface area contributed by atoms with Gasteiger partial charge in [0.2, 0.25) is 0 Å². The zero-order valence-corrected chi connectivity index (χ0v) is 7.72. The molecule has 0 aliphatic carbocycles. The summed E-state index contributed by atoms with van der Waals surface area (Å²) in [5, 5.41) is 0. The van der Waals surface area contributed by atoms with Gasteiger partial charge in [0.1, 0.15) is 6.33 Å². The topological polar surface area (TPSA) is 89.4 Å². The summed E-state index contributed by atoms with van der Waals surface area (Å²) in [6.07, 6.45) is 4.88. The number of rotatable bonds is 1. The molecule has 0 radical (unpaired) electrons. The maximum Gasteiger partial charge on any atom is 0.750 e. The lowest BCUT2D eigenvalue weighted by molar-refractivity contribution is -0.131. The average molecular weight is 203 g/mol. The second-order valence-electron chi connectivity index (χ2n) is 1.72. The van der Waals surface area contributed by atoms with Gasteiger partial charge in [0.05, 0.1) is 0 Å². The Balaban J connectivity index is 0.000000223. The molecule has 1 aromatic rings. The molecular weight excluding hydrogens is 195 g/mol. The van der Waals surface area contributed by atoms with E-state index in [1.807, 2.05) is 0 Å². The lowest BCUT2D eigenvalue weighted by Crippen LogP contribution is -1.87. The van der Waals surface area contributed by atoms with Gasteiger partial charge in [-0.2, -0.15) is 4.52 Å².